The molecule has 2 aliphatic rings. The number of carbonyl (C=O) groups excluding carboxylic acids is 1. The van der Waals surface area contributed by atoms with Crippen LogP contribution in [0.1, 0.15) is 22.8 Å². The fourth-order valence-electron chi connectivity index (χ4n) is 3.00. The third kappa shape index (κ3) is 4.29. The Morgan fingerprint density at radius 2 is 2.07 bits per heavy atom. The van der Waals surface area contributed by atoms with Gasteiger partial charge in [-0.15, -0.1) is 12.4 Å². The van der Waals surface area contributed by atoms with E-state index in [4.69, 9.17) is 15.1 Å². The summed E-state index contributed by atoms with van der Waals surface area (Å²) in [6, 6.07) is 2.28. The molecule has 9 nitrogen and oxygen atoms in total. The number of likely N-dealkylation sites (tertiary alicyclic amines) is 1. The van der Waals surface area contributed by atoms with Gasteiger partial charge in [0.2, 0.25) is 5.91 Å². The van der Waals surface area contributed by atoms with Gasteiger partial charge < -0.3 is 35.3 Å². The smallest absolute Gasteiger partial charge is 0.522 e. The summed E-state index contributed by atoms with van der Waals surface area (Å²) < 4.78 is 11.0. The van der Waals surface area contributed by atoms with Gasteiger partial charge in [0.1, 0.15) is 29.2 Å². The van der Waals surface area contributed by atoms with E-state index in [0.717, 1.165) is 0 Å². The number of carboxylic acids is 1. The SMILES string of the molecule is CC(O)[C@@H](N)C(=O)N1CC(Oc2ccc3c(c2C(=O)O)OB(O)CC3)C1.Cl. The second-order valence-corrected chi connectivity index (χ2v) is 6.59. The Kier molecular flexibility index (Phi) is 6.58. The van der Waals surface area contributed by atoms with Crippen LogP contribution in [0.3, 0.4) is 0 Å². The molecular formula is C16H22BClN2O7. The van der Waals surface area contributed by atoms with E-state index in [1.54, 1.807) is 12.1 Å². The van der Waals surface area contributed by atoms with Crippen molar-refractivity contribution in [2.24, 2.45) is 5.73 Å². The van der Waals surface area contributed by atoms with Gasteiger partial charge in [-0.1, -0.05) is 6.07 Å². The maximum atomic E-state index is 12.0. The van der Waals surface area contributed by atoms with E-state index in [-0.39, 0.29) is 54.6 Å². The lowest BCUT2D eigenvalue weighted by Crippen LogP contribution is -2.61. The minimum absolute atomic E-state index is 0. The molecule has 1 aromatic rings. The monoisotopic (exact) mass is 400 g/mol. The molecular weight excluding hydrogens is 378 g/mol. The molecule has 2 aliphatic heterocycles. The fourth-order valence-corrected chi connectivity index (χ4v) is 3.00. The Labute approximate surface area is 162 Å². The number of carboxylic acid groups (broad SMARTS) is 1. The first-order valence-corrected chi connectivity index (χ1v) is 8.41. The highest BCUT2D eigenvalue weighted by molar-refractivity contribution is 6.44. The van der Waals surface area contributed by atoms with Crippen molar-refractivity contribution < 1.29 is 34.2 Å². The van der Waals surface area contributed by atoms with Crippen LogP contribution in [0.4, 0.5) is 0 Å². The number of aryl methyl sites for hydroxylation is 1. The third-order valence-electron chi connectivity index (χ3n) is 4.59. The zero-order chi connectivity index (χ0) is 19.0. The molecule has 0 saturated carbocycles. The lowest BCUT2D eigenvalue weighted by atomic mass is 9.78. The van der Waals surface area contributed by atoms with Gasteiger partial charge in [0.05, 0.1) is 19.2 Å². The molecule has 0 aliphatic carbocycles. The molecule has 2 atom stereocenters. The summed E-state index contributed by atoms with van der Waals surface area (Å²) >= 11 is 0. The second-order valence-electron chi connectivity index (χ2n) is 6.59. The fraction of sp³-hybridized carbons (Fsp3) is 0.500. The molecule has 3 rings (SSSR count). The largest absolute Gasteiger partial charge is 0.535 e. The van der Waals surface area contributed by atoms with Crippen molar-refractivity contribution in [2.75, 3.05) is 13.1 Å². The molecule has 5 N–H and O–H groups in total. The number of ether oxygens (including phenoxy) is 1. The number of carbonyl (C=O) groups is 2. The van der Waals surface area contributed by atoms with Crippen molar-refractivity contribution in [3.05, 3.63) is 23.3 Å². The minimum atomic E-state index is -1.21. The number of rotatable bonds is 5. The Morgan fingerprint density at radius 3 is 2.67 bits per heavy atom. The molecule has 148 valence electrons. The predicted molar refractivity (Wildman–Crippen MR) is 98.4 cm³/mol. The van der Waals surface area contributed by atoms with Crippen LogP contribution in [-0.4, -0.2) is 70.5 Å². The molecule has 1 unspecified atom stereocenters. The van der Waals surface area contributed by atoms with E-state index in [0.29, 0.717) is 18.3 Å². The van der Waals surface area contributed by atoms with Crippen molar-refractivity contribution in [3.8, 4) is 11.5 Å². The zero-order valence-corrected chi connectivity index (χ0v) is 15.5. The number of hydrogen-bond acceptors (Lipinski definition) is 7. The number of fused-ring (bicyclic) bond motifs is 1. The van der Waals surface area contributed by atoms with Gasteiger partial charge in [-0.2, -0.15) is 0 Å². The lowest BCUT2D eigenvalue weighted by Gasteiger charge is -2.40. The topological polar surface area (TPSA) is 143 Å². The van der Waals surface area contributed by atoms with Gasteiger partial charge >= 0.3 is 13.1 Å². The maximum absolute atomic E-state index is 12.0. The molecule has 0 aromatic heterocycles. The van der Waals surface area contributed by atoms with E-state index < -0.39 is 25.2 Å². The summed E-state index contributed by atoms with van der Waals surface area (Å²) in [6.07, 6.45) is -0.426. The molecule has 1 amide bonds. The van der Waals surface area contributed by atoms with E-state index in [9.17, 15) is 24.8 Å². The summed E-state index contributed by atoms with van der Waals surface area (Å²) in [5.74, 6) is -1.34. The predicted octanol–water partition coefficient (Wildman–Crippen LogP) is -0.480. The summed E-state index contributed by atoms with van der Waals surface area (Å²) in [7, 11) is -1.05. The van der Waals surface area contributed by atoms with E-state index in [1.165, 1.54) is 11.8 Å². The molecule has 0 radical (unpaired) electrons. The van der Waals surface area contributed by atoms with Crippen LogP contribution >= 0.6 is 12.4 Å². The van der Waals surface area contributed by atoms with Crippen LogP contribution in [0, 0.1) is 0 Å². The number of amides is 1. The van der Waals surface area contributed by atoms with Crippen LogP contribution in [0.15, 0.2) is 12.1 Å². The van der Waals surface area contributed by atoms with Gasteiger partial charge in [-0.25, -0.2) is 4.79 Å². The summed E-state index contributed by atoms with van der Waals surface area (Å²) in [5.41, 5.74) is 6.19. The molecule has 0 bridgehead atoms. The highest BCUT2D eigenvalue weighted by Gasteiger charge is 2.37. The van der Waals surface area contributed by atoms with E-state index in [1.807, 2.05) is 0 Å². The van der Waals surface area contributed by atoms with Crippen molar-refractivity contribution >= 4 is 31.4 Å². The molecule has 1 saturated heterocycles. The third-order valence-corrected chi connectivity index (χ3v) is 4.59. The summed E-state index contributed by atoms with van der Waals surface area (Å²) in [6.45, 7) is 1.94. The average Bonchev–Trinajstić information content (AvgIpc) is 2.55. The number of aliphatic hydroxyl groups excluding tert-OH is 1. The number of hydrogen-bond donors (Lipinski definition) is 4. The molecule has 1 fully saturated rings. The number of nitrogens with zero attached hydrogens (tertiary/aromatic N) is 1. The normalized spacial score (nSPS) is 18.4. The molecule has 0 spiro atoms. The minimum Gasteiger partial charge on any atom is -0.535 e. The van der Waals surface area contributed by atoms with Gasteiger partial charge in [0, 0.05) is 0 Å². The molecule has 2 heterocycles. The quantitative estimate of drug-likeness (QED) is 0.485. The molecule has 27 heavy (non-hydrogen) atoms. The molecule has 1 aromatic carbocycles. The van der Waals surface area contributed by atoms with Crippen molar-refractivity contribution in [1.82, 2.24) is 4.90 Å². The van der Waals surface area contributed by atoms with Gasteiger partial charge in [-0.05, 0) is 31.3 Å². The van der Waals surface area contributed by atoms with Gasteiger partial charge in [0.25, 0.3) is 0 Å². The first-order valence-electron chi connectivity index (χ1n) is 8.41. The Bertz CT molecular complexity index is 727. The van der Waals surface area contributed by atoms with Gasteiger partial charge in [0.15, 0.2) is 0 Å². The number of halogens is 1. The van der Waals surface area contributed by atoms with E-state index in [2.05, 4.69) is 0 Å². The first kappa shape index (κ1) is 21.3. The van der Waals surface area contributed by atoms with Crippen LogP contribution in [0.25, 0.3) is 0 Å². The van der Waals surface area contributed by atoms with Crippen LogP contribution < -0.4 is 15.1 Å². The highest BCUT2D eigenvalue weighted by Crippen LogP contribution is 2.37. The number of benzene rings is 1. The zero-order valence-electron chi connectivity index (χ0n) is 14.7. The second kappa shape index (κ2) is 8.34. The number of nitrogens with two attached hydrogens (primary N) is 1. The van der Waals surface area contributed by atoms with Crippen LogP contribution in [0.5, 0.6) is 11.5 Å². The van der Waals surface area contributed by atoms with Crippen LogP contribution in [0.2, 0.25) is 6.32 Å². The summed E-state index contributed by atoms with van der Waals surface area (Å²) in [4.78, 5) is 25.1. The average molecular weight is 401 g/mol. The Morgan fingerprint density at radius 1 is 1.41 bits per heavy atom. The highest BCUT2D eigenvalue weighted by atomic mass is 35.5. The standard InChI is InChI=1S/C16H21BN2O7.ClH/c1-8(20)13(18)15(21)19-6-10(7-19)25-11-3-2-9-4-5-17(24)26-14(9)12(11)16(22)23;/h2-3,8,10,13,20,24H,4-7,18H2,1H3,(H,22,23);1H/t8?,13-;/m1./s1. The summed E-state index contributed by atoms with van der Waals surface area (Å²) in [5, 5.41) is 28.6. The van der Waals surface area contributed by atoms with E-state index >= 15 is 0 Å². The molecule has 11 heteroatoms. The van der Waals surface area contributed by atoms with Gasteiger partial charge in [-0.3, -0.25) is 4.79 Å². The maximum Gasteiger partial charge on any atom is 0.522 e. The Hall–Kier alpha value is -2.01. The number of aliphatic hydroxyl groups is 1. The Balaban J connectivity index is 0.00000261. The number of aromatic carboxylic acids is 1. The van der Waals surface area contributed by atoms with Crippen molar-refractivity contribution in [3.63, 3.8) is 0 Å². The van der Waals surface area contributed by atoms with Crippen molar-refractivity contribution in [2.45, 2.75) is 37.9 Å². The first-order chi connectivity index (χ1) is 12.3. The lowest BCUT2D eigenvalue weighted by molar-refractivity contribution is -0.143. The van der Waals surface area contributed by atoms with Crippen molar-refractivity contribution in [1.29, 1.82) is 0 Å². The van der Waals surface area contributed by atoms with Crippen LogP contribution in [-0.2, 0) is 11.2 Å².